The van der Waals surface area contributed by atoms with Crippen molar-refractivity contribution in [1.82, 2.24) is 15.5 Å². The average Bonchev–Trinajstić information content (AvgIpc) is 3.09. The van der Waals surface area contributed by atoms with Gasteiger partial charge in [0.15, 0.2) is 0 Å². The van der Waals surface area contributed by atoms with Crippen LogP contribution in [-0.2, 0) is 11.2 Å². The van der Waals surface area contributed by atoms with Gasteiger partial charge in [-0.3, -0.25) is 4.79 Å². The number of halogens is 4. The van der Waals surface area contributed by atoms with E-state index in [0.717, 1.165) is 0 Å². The van der Waals surface area contributed by atoms with Crippen LogP contribution in [0.3, 0.4) is 0 Å². The number of aromatic nitrogens is 2. The zero-order valence-corrected chi connectivity index (χ0v) is 14.4. The van der Waals surface area contributed by atoms with Gasteiger partial charge in [-0.1, -0.05) is 11.6 Å². The molecule has 1 aromatic heterocycles. The molecule has 1 aliphatic rings. The molecule has 0 aliphatic heterocycles. The lowest BCUT2D eigenvalue weighted by atomic mass is 9.85. The lowest BCUT2D eigenvalue weighted by Crippen LogP contribution is -2.41. The van der Waals surface area contributed by atoms with Gasteiger partial charge < -0.3 is 9.84 Å². The van der Waals surface area contributed by atoms with Gasteiger partial charge in [-0.05, 0) is 43.5 Å². The van der Waals surface area contributed by atoms with E-state index in [9.17, 15) is 22.4 Å². The second kappa shape index (κ2) is 8.06. The van der Waals surface area contributed by atoms with Gasteiger partial charge in [0.25, 0.3) is 0 Å². The van der Waals surface area contributed by atoms with Crippen molar-refractivity contribution in [2.24, 2.45) is 5.92 Å². The molecule has 0 unspecified atom stereocenters. The van der Waals surface area contributed by atoms with Gasteiger partial charge in [-0.25, -0.2) is 4.39 Å². The van der Waals surface area contributed by atoms with Crippen LogP contribution in [0.1, 0.15) is 38.0 Å². The number of carbonyl (C=O) groups is 1. The van der Waals surface area contributed by atoms with Gasteiger partial charge >= 0.3 is 6.18 Å². The van der Waals surface area contributed by atoms with Crippen molar-refractivity contribution in [2.45, 2.75) is 50.7 Å². The number of amides is 1. The minimum absolute atomic E-state index is 0.0399. The summed E-state index contributed by atoms with van der Waals surface area (Å²) in [5.41, 5.74) is 0.580. The molecule has 1 aromatic carbocycles. The highest BCUT2D eigenvalue weighted by molar-refractivity contribution is 5.76. The number of carbonyl (C=O) groups excluding carboxylic acids is 1. The Morgan fingerprint density at radius 2 is 1.96 bits per heavy atom. The molecule has 0 radical (unpaired) electrons. The molecule has 2 atom stereocenters. The first-order valence-electron chi connectivity index (χ1n) is 8.76. The number of alkyl halides is 3. The summed E-state index contributed by atoms with van der Waals surface area (Å²) in [5.74, 6) is -1.56. The maximum absolute atomic E-state index is 12.9. The summed E-state index contributed by atoms with van der Waals surface area (Å²) in [5, 5.41) is 6.45. The van der Waals surface area contributed by atoms with E-state index in [1.807, 2.05) is 0 Å². The number of hydrogen-bond donors (Lipinski definition) is 1. The van der Waals surface area contributed by atoms with Crippen molar-refractivity contribution < 1.29 is 26.9 Å². The van der Waals surface area contributed by atoms with Gasteiger partial charge in [0.05, 0.1) is 5.92 Å². The molecule has 1 saturated carbocycles. The van der Waals surface area contributed by atoms with E-state index in [4.69, 9.17) is 4.52 Å². The van der Waals surface area contributed by atoms with E-state index in [1.165, 1.54) is 24.3 Å². The topological polar surface area (TPSA) is 68.0 Å². The lowest BCUT2D eigenvalue weighted by Gasteiger charge is -2.31. The van der Waals surface area contributed by atoms with Crippen molar-refractivity contribution in [2.75, 3.05) is 0 Å². The molecule has 146 valence electrons. The molecule has 2 aromatic rings. The van der Waals surface area contributed by atoms with E-state index in [1.54, 1.807) is 0 Å². The number of hydrogen-bond acceptors (Lipinski definition) is 4. The van der Waals surface area contributed by atoms with Crippen molar-refractivity contribution >= 4 is 5.91 Å². The summed E-state index contributed by atoms with van der Waals surface area (Å²) in [4.78, 5) is 16.2. The highest BCUT2D eigenvalue weighted by atomic mass is 19.4. The smallest absolute Gasteiger partial charge is 0.353 e. The first-order chi connectivity index (χ1) is 12.8. The monoisotopic (exact) mass is 385 g/mol. The molecule has 1 fully saturated rings. The highest BCUT2D eigenvalue weighted by Gasteiger charge is 2.42. The van der Waals surface area contributed by atoms with Crippen molar-refractivity contribution in [3.63, 3.8) is 0 Å². The molecular formula is C18H19F4N3O2. The summed E-state index contributed by atoms with van der Waals surface area (Å²) < 4.78 is 56.5. The van der Waals surface area contributed by atoms with E-state index in [0.29, 0.717) is 18.4 Å². The zero-order valence-electron chi connectivity index (χ0n) is 14.4. The van der Waals surface area contributed by atoms with Gasteiger partial charge in [-0.15, -0.1) is 0 Å². The zero-order chi connectivity index (χ0) is 19.4. The van der Waals surface area contributed by atoms with E-state index in [-0.39, 0.29) is 49.1 Å². The third-order valence-electron chi connectivity index (χ3n) is 4.64. The number of benzene rings is 1. The molecule has 1 amide bonds. The quantitative estimate of drug-likeness (QED) is 0.789. The van der Waals surface area contributed by atoms with Crippen LogP contribution in [0.25, 0.3) is 11.4 Å². The Kier molecular flexibility index (Phi) is 5.76. The van der Waals surface area contributed by atoms with Crippen molar-refractivity contribution in [3.8, 4) is 11.4 Å². The standard InChI is InChI=1S/C18H19F4N3O2/c19-13-6-4-11(5-7-13)17-24-16(27-25-17)9-8-15(26)23-14-3-1-2-12(10-14)18(20,21)22/h4-7,12,14H,1-3,8-10H2,(H,23,26)/t12-,14+/m0/s1. The summed E-state index contributed by atoms with van der Waals surface area (Å²) in [6, 6.07) is 5.11. The largest absolute Gasteiger partial charge is 0.391 e. The fourth-order valence-electron chi connectivity index (χ4n) is 3.21. The van der Waals surface area contributed by atoms with Crippen molar-refractivity contribution in [1.29, 1.82) is 0 Å². The van der Waals surface area contributed by atoms with Gasteiger partial charge in [-0.2, -0.15) is 18.2 Å². The van der Waals surface area contributed by atoms with Crippen LogP contribution in [0, 0.1) is 11.7 Å². The first kappa shape index (κ1) is 19.3. The molecule has 0 bridgehead atoms. The molecule has 1 N–H and O–H groups in total. The normalized spacial score (nSPS) is 20.4. The first-order valence-corrected chi connectivity index (χ1v) is 8.76. The van der Waals surface area contributed by atoms with Crippen LogP contribution in [0.5, 0.6) is 0 Å². The van der Waals surface area contributed by atoms with Gasteiger partial charge in [0.2, 0.25) is 17.6 Å². The second-order valence-electron chi connectivity index (χ2n) is 6.69. The van der Waals surface area contributed by atoms with E-state index < -0.39 is 18.1 Å². The third-order valence-corrected chi connectivity index (χ3v) is 4.64. The van der Waals surface area contributed by atoms with E-state index in [2.05, 4.69) is 15.5 Å². The van der Waals surface area contributed by atoms with Crippen LogP contribution in [-0.4, -0.2) is 28.3 Å². The molecular weight excluding hydrogens is 366 g/mol. The van der Waals surface area contributed by atoms with Gasteiger partial charge in [0.1, 0.15) is 5.82 Å². The average molecular weight is 385 g/mol. The van der Waals surface area contributed by atoms with Crippen LogP contribution in [0.15, 0.2) is 28.8 Å². The Morgan fingerprint density at radius 3 is 2.67 bits per heavy atom. The molecule has 5 nitrogen and oxygen atoms in total. The maximum Gasteiger partial charge on any atom is 0.391 e. The molecule has 0 saturated heterocycles. The summed E-state index contributed by atoms with van der Waals surface area (Å²) in [6.45, 7) is 0. The summed E-state index contributed by atoms with van der Waals surface area (Å²) in [6.07, 6.45) is -2.97. The van der Waals surface area contributed by atoms with Crippen LogP contribution in [0.2, 0.25) is 0 Å². The Balaban J connectivity index is 1.49. The maximum atomic E-state index is 12.9. The number of aryl methyl sites for hydroxylation is 1. The fourth-order valence-corrected chi connectivity index (χ4v) is 3.21. The predicted molar refractivity (Wildman–Crippen MR) is 88.0 cm³/mol. The van der Waals surface area contributed by atoms with Crippen LogP contribution in [0.4, 0.5) is 17.6 Å². The highest BCUT2D eigenvalue weighted by Crippen LogP contribution is 2.37. The number of nitrogens with zero attached hydrogens (tertiary/aromatic N) is 2. The van der Waals surface area contributed by atoms with Crippen LogP contribution >= 0.6 is 0 Å². The third kappa shape index (κ3) is 5.27. The molecule has 0 spiro atoms. The molecule has 9 heteroatoms. The minimum atomic E-state index is -4.22. The molecule has 27 heavy (non-hydrogen) atoms. The molecule has 1 heterocycles. The predicted octanol–water partition coefficient (Wildman–Crippen LogP) is 4.05. The SMILES string of the molecule is O=C(CCc1nc(-c2ccc(F)cc2)no1)N[C@@H]1CCC[C@H](C(F)(F)F)C1. The molecule has 1 aliphatic carbocycles. The minimum Gasteiger partial charge on any atom is -0.353 e. The summed E-state index contributed by atoms with van der Waals surface area (Å²) >= 11 is 0. The molecule has 3 rings (SSSR count). The second-order valence-corrected chi connectivity index (χ2v) is 6.69. The Bertz CT molecular complexity index is 774. The van der Waals surface area contributed by atoms with Crippen molar-refractivity contribution in [3.05, 3.63) is 36.0 Å². The Labute approximate surface area is 153 Å². The fraction of sp³-hybridized carbons (Fsp3) is 0.500. The number of rotatable bonds is 5. The summed E-state index contributed by atoms with van der Waals surface area (Å²) in [7, 11) is 0. The van der Waals surface area contributed by atoms with Crippen LogP contribution < -0.4 is 5.32 Å². The Morgan fingerprint density at radius 1 is 1.22 bits per heavy atom. The van der Waals surface area contributed by atoms with Gasteiger partial charge in [0, 0.05) is 24.4 Å². The number of nitrogens with one attached hydrogen (secondary N) is 1. The Hall–Kier alpha value is -2.45. The lowest BCUT2D eigenvalue weighted by molar-refractivity contribution is -0.184. The van der Waals surface area contributed by atoms with E-state index >= 15 is 0 Å².